The van der Waals surface area contributed by atoms with Crippen LogP contribution in [-0.2, 0) is 12.6 Å². The minimum Gasteiger partial charge on any atom is -0.490 e. The van der Waals surface area contributed by atoms with Gasteiger partial charge in [-0.2, -0.15) is 13.2 Å². The Bertz CT molecular complexity index is 1050. The number of nitrogens with zero attached hydrogens (tertiary/aromatic N) is 1. The van der Waals surface area contributed by atoms with Crippen molar-refractivity contribution < 1.29 is 27.4 Å². The van der Waals surface area contributed by atoms with Crippen LogP contribution in [0, 0.1) is 0 Å². The highest BCUT2D eigenvalue weighted by Gasteiger charge is 2.30. The average molecular weight is 465 g/mol. The Labute approximate surface area is 188 Å². The molecule has 5 nitrogen and oxygen atoms in total. The topological polar surface area (TPSA) is 60.5 Å². The van der Waals surface area contributed by atoms with Gasteiger partial charge in [0.05, 0.1) is 24.5 Å². The maximum Gasteiger partial charge on any atom is 0.416 e. The number of amides is 1. The van der Waals surface area contributed by atoms with Gasteiger partial charge in [0, 0.05) is 29.5 Å². The number of halogens is 3. The quantitative estimate of drug-likeness (QED) is 0.448. The van der Waals surface area contributed by atoms with Crippen LogP contribution in [0.4, 0.5) is 13.2 Å². The molecule has 3 aromatic rings. The number of rotatable bonds is 9. The highest BCUT2D eigenvalue weighted by atomic mass is 32.1. The van der Waals surface area contributed by atoms with E-state index in [2.05, 4.69) is 10.3 Å². The molecule has 1 N–H and O–H groups in total. The van der Waals surface area contributed by atoms with Gasteiger partial charge in [0.1, 0.15) is 5.01 Å². The van der Waals surface area contributed by atoms with Crippen LogP contribution in [0.2, 0.25) is 0 Å². The third-order valence-electron chi connectivity index (χ3n) is 4.48. The monoisotopic (exact) mass is 464 g/mol. The molecule has 2 aromatic carbocycles. The fourth-order valence-electron chi connectivity index (χ4n) is 2.95. The van der Waals surface area contributed by atoms with E-state index in [9.17, 15) is 18.0 Å². The van der Waals surface area contributed by atoms with Gasteiger partial charge in [-0.25, -0.2) is 4.98 Å². The van der Waals surface area contributed by atoms with E-state index >= 15 is 0 Å². The van der Waals surface area contributed by atoms with Crippen LogP contribution in [-0.4, -0.2) is 30.6 Å². The minimum absolute atomic E-state index is 0.243. The second-order valence-electron chi connectivity index (χ2n) is 6.75. The van der Waals surface area contributed by atoms with Gasteiger partial charge in [-0.1, -0.05) is 12.1 Å². The summed E-state index contributed by atoms with van der Waals surface area (Å²) in [5.74, 6) is 0.860. The zero-order chi connectivity index (χ0) is 23.1. The number of carbonyl (C=O) groups excluding carboxylic acids is 1. The molecular weight excluding hydrogens is 441 g/mol. The number of hydrogen-bond donors (Lipinski definition) is 1. The van der Waals surface area contributed by atoms with Crippen LogP contribution in [0.5, 0.6) is 11.5 Å². The van der Waals surface area contributed by atoms with Gasteiger partial charge in [-0.15, -0.1) is 11.3 Å². The first-order chi connectivity index (χ1) is 15.3. The lowest BCUT2D eigenvalue weighted by molar-refractivity contribution is -0.137. The summed E-state index contributed by atoms with van der Waals surface area (Å²) in [6.07, 6.45) is -3.87. The summed E-state index contributed by atoms with van der Waals surface area (Å²) >= 11 is 1.35. The molecule has 0 aliphatic heterocycles. The number of aromatic nitrogens is 1. The maximum absolute atomic E-state index is 12.7. The third-order valence-corrected chi connectivity index (χ3v) is 5.42. The summed E-state index contributed by atoms with van der Waals surface area (Å²) in [6, 6.07) is 9.95. The second kappa shape index (κ2) is 10.5. The fourth-order valence-corrected chi connectivity index (χ4v) is 3.82. The molecule has 0 spiro atoms. The second-order valence-corrected chi connectivity index (χ2v) is 7.61. The van der Waals surface area contributed by atoms with Crippen molar-refractivity contribution in [3.63, 3.8) is 0 Å². The van der Waals surface area contributed by atoms with E-state index in [0.717, 1.165) is 17.8 Å². The van der Waals surface area contributed by atoms with Gasteiger partial charge >= 0.3 is 6.18 Å². The van der Waals surface area contributed by atoms with Crippen molar-refractivity contribution >= 4 is 17.2 Å². The van der Waals surface area contributed by atoms with Crippen LogP contribution in [0.1, 0.15) is 35.5 Å². The summed E-state index contributed by atoms with van der Waals surface area (Å²) in [5, 5.41) is 5.31. The zero-order valence-electron chi connectivity index (χ0n) is 17.7. The first kappa shape index (κ1) is 23.6. The molecule has 0 fully saturated rings. The SMILES string of the molecule is CCOc1ccc(C(=O)NCCc2csc(-c3ccc(C(F)(F)F)cc3)n2)cc1OCC. The molecular formula is C23H23F3N2O3S. The normalized spacial score (nSPS) is 11.3. The molecule has 170 valence electrons. The van der Waals surface area contributed by atoms with Crippen LogP contribution >= 0.6 is 11.3 Å². The number of carbonyl (C=O) groups is 1. The van der Waals surface area contributed by atoms with Gasteiger partial charge in [-0.3, -0.25) is 4.79 Å². The average Bonchev–Trinajstić information content (AvgIpc) is 3.23. The molecule has 0 atom stereocenters. The van der Waals surface area contributed by atoms with E-state index in [-0.39, 0.29) is 5.91 Å². The Balaban J connectivity index is 1.57. The molecule has 0 radical (unpaired) electrons. The number of hydrogen-bond acceptors (Lipinski definition) is 5. The van der Waals surface area contributed by atoms with Gasteiger partial charge in [0.2, 0.25) is 0 Å². The van der Waals surface area contributed by atoms with Crippen molar-refractivity contribution in [1.82, 2.24) is 10.3 Å². The van der Waals surface area contributed by atoms with Crippen LogP contribution in [0.3, 0.4) is 0 Å². The predicted octanol–water partition coefficient (Wildman–Crippen LogP) is 5.60. The molecule has 1 heterocycles. The Kier molecular flexibility index (Phi) is 7.74. The van der Waals surface area contributed by atoms with Crippen molar-refractivity contribution in [3.05, 3.63) is 64.7 Å². The van der Waals surface area contributed by atoms with Crippen molar-refractivity contribution in [2.24, 2.45) is 0 Å². The number of benzene rings is 2. The van der Waals surface area contributed by atoms with E-state index in [1.54, 1.807) is 18.2 Å². The summed E-state index contributed by atoms with van der Waals surface area (Å²) in [6.45, 7) is 5.04. The molecule has 0 unspecified atom stereocenters. The molecule has 1 amide bonds. The maximum atomic E-state index is 12.7. The van der Waals surface area contributed by atoms with Crippen LogP contribution < -0.4 is 14.8 Å². The first-order valence-corrected chi connectivity index (χ1v) is 11.0. The highest BCUT2D eigenvalue weighted by molar-refractivity contribution is 7.13. The Morgan fingerprint density at radius 2 is 1.72 bits per heavy atom. The molecule has 0 saturated heterocycles. The van der Waals surface area contributed by atoms with Crippen LogP contribution in [0.15, 0.2) is 47.8 Å². The Morgan fingerprint density at radius 1 is 1.03 bits per heavy atom. The van der Waals surface area contributed by atoms with E-state index in [1.165, 1.54) is 23.5 Å². The van der Waals surface area contributed by atoms with Gasteiger partial charge in [0.25, 0.3) is 5.91 Å². The minimum atomic E-state index is -4.36. The molecule has 0 aliphatic carbocycles. The van der Waals surface area contributed by atoms with Crippen molar-refractivity contribution in [1.29, 1.82) is 0 Å². The lowest BCUT2D eigenvalue weighted by atomic mass is 10.1. The van der Waals surface area contributed by atoms with E-state index in [4.69, 9.17) is 9.47 Å². The van der Waals surface area contributed by atoms with E-state index < -0.39 is 11.7 Å². The smallest absolute Gasteiger partial charge is 0.416 e. The number of ether oxygens (including phenoxy) is 2. The summed E-state index contributed by atoms with van der Waals surface area (Å²) in [4.78, 5) is 16.9. The first-order valence-electron chi connectivity index (χ1n) is 10.1. The molecule has 32 heavy (non-hydrogen) atoms. The number of alkyl halides is 3. The molecule has 0 bridgehead atoms. The van der Waals surface area contributed by atoms with Gasteiger partial charge in [0.15, 0.2) is 11.5 Å². The third kappa shape index (κ3) is 6.00. The molecule has 0 aliphatic rings. The van der Waals surface area contributed by atoms with Crippen LogP contribution in [0.25, 0.3) is 10.6 Å². The molecule has 9 heteroatoms. The Morgan fingerprint density at radius 3 is 2.38 bits per heavy atom. The summed E-state index contributed by atoms with van der Waals surface area (Å²) in [7, 11) is 0. The summed E-state index contributed by atoms with van der Waals surface area (Å²) in [5.41, 5.74) is 1.14. The number of thiazole rings is 1. The van der Waals surface area contributed by atoms with Gasteiger partial charge in [-0.05, 0) is 44.2 Å². The van der Waals surface area contributed by atoms with Gasteiger partial charge < -0.3 is 14.8 Å². The van der Waals surface area contributed by atoms with Crippen molar-refractivity contribution in [2.75, 3.05) is 19.8 Å². The molecule has 3 rings (SSSR count). The number of nitrogens with one attached hydrogen (secondary N) is 1. The largest absolute Gasteiger partial charge is 0.490 e. The van der Waals surface area contributed by atoms with E-state index in [0.29, 0.717) is 53.8 Å². The molecule has 1 aromatic heterocycles. The lowest BCUT2D eigenvalue weighted by Crippen LogP contribution is -2.25. The van der Waals surface area contributed by atoms with E-state index in [1.807, 2.05) is 19.2 Å². The van der Waals surface area contributed by atoms with Crippen molar-refractivity contribution in [2.45, 2.75) is 26.4 Å². The Hall–Kier alpha value is -3.07. The fraction of sp³-hybridized carbons (Fsp3) is 0.304. The summed E-state index contributed by atoms with van der Waals surface area (Å²) < 4.78 is 49.2. The molecule has 0 saturated carbocycles. The lowest BCUT2D eigenvalue weighted by Gasteiger charge is -2.12. The zero-order valence-corrected chi connectivity index (χ0v) is 18.5. The standard InChI is InChI=1S/C23H23F3N2O3S/c1-3-30-19-10-7-16(13-20(19)31-4-2)21(29)27-12-11-18-14-32-22(28-18)15-5-8-17(9-6-15)23(24,25)26/h5-10,13-14H,3-4,11-12H2,1-2H3,(H,27,29). The van der Waals surface area contributed by atoms with Crippen molar-refractivity contribution in [3.8, 4) is 22.1 Å². The predicted molar refractivity (Wildman–Crippen MR) is 117 cm³/mol. The highest BCUT2D eigenvalue weighted by Crippen LogP contribution is 2.32.